The molecule has 3 amide bonds. The lowest BCUT2D eigenvalue weighted by atomic mass is 9.92. The van der Waals surface area contributed by atoms with Crippen LogP contribution in [0.15, 0.2) is 72.8 Å². The number of carbonyl (C=O) groups is 4. The minimum Gasteiger partial charge on any atom is -0.484 e. The summed E-state index contributed by atoms with van der Waals surface area (Å²) in [5.74, 6) is -3.01. The summed E-state index contributed by atoms with van der Waals surface area (Å²) in [4.78, 5) is 48.7. The number of aliphatic carboxylic acids is 1. The average molecular weight is 600 g/mol. The molecule has 1 aliphatic rings. The standard InChI is InChI=1S/C29H27F2N3O7S/c30-19-5-1-17(2-6-19)23(35)16-42-28-27(34(29(28)40)21-9-7-20(31)8-10-21)18-3-11-22(12-4-18)41-15-25(37)32-13-24(36)33-14-26(38)39/h1-12,23,27-28,35H,13-16H2,(H,32,37)(H,33,36)(H,38,39)/t23?,27-,28-/m1/s1. The number of aliphatic hydroxyl groups is 1. The molecule has 0 radical (unpaired) electrons. The first kappa shape index (κ1) is 30.5. The third-order valence-electron chi connectivity index (χ3n) is 6.31. The van der Waals surface area contributed by atoms with Crippen molar-refractivity contribution in [1.82, 2.24) is 10.6 Å². The van der Waals surface area contributed by atoms with Gasteiger partial charge in [0.25, 0.3) is 5.91 Å². The summed E-state index contributed by atoms with van der Waals surface area (Å²) in [6, 6.07) is 17.2. The van der Waals surface area contributed by atoms with Crippen LogP contribution in [0.3, 0.4) is 0 Å². The van der Waals surface area contributed by atoms with Crippen LogP contribution < -0.4 is 20.3 Å². The molecule has 1 saturated heterocycles. The fourth-order valence-electron chi connectivity index (χ4n) is 4.19. The minimum absolute atomic E-state index is 0.181. The van der Waals surface area contributed by atoms with E-state index in [2.05, 4.69) is 10.6 Å². The predicted octanol–water partition coefficient (Wildman–Crippen LogP) is 2.58. The number of amides is 3. The van der Waals surface area contributed by atoms with Gasteiger partial charge in [-0.2, -0.15) is 0 Å². The molecule has 1 unspecified atom stereocenters. The van der Waals surface area contributed by atoms with Gasteiger partial charge < -0.3 is 30.5 Å². The van der Waals surface area contributed by atoms with E-state index in [0.29, 0.717) is 17.0 Å². The van der Waals surface area contributed by atoms with Crippen LogP contribution in [0.4, 0.5) is 14.5 Å². The molecule has 4 N–H and O–H groups in total. The molecule has 1 aliphatic heterocycles. The van der Waals surface area contributed by atoms with Gasteiger partial charge in [0, 0.05) is 11.4 Å². The first-order chi connectivity index (χ1) is 20.1. The number of thioether (sulfide) groups is 1. The van der Waals surface area contributed by atoms with E-state index in [1.54, 1.807) is 29.2 Å². The van der Waals surface area contributed by atoms with Crippen LogP contribution in [-0.2, 0) is 19.2 Å². The Labute approximate surface area is 243 Å². The molecule has 13 heteroatoms. The van der Waals surface area contributed by atoms with Crippen molar-refractivity contribution >= 4 is 41.1 Å². The third kappa shape index (κ3) is 7.83. The summed E-state index contributed by atoms with van der Waals surface area (Å²) >= 11 is 1.26. The molecule has 4 rings (SSSR count). The first-order valence-corrected chi connectivity index (χ1v) is 13.8. The van der Waals surface area contributed by atoms with Crippen LogP contribution in [0.5, 0.6) is 5.75 Å². The predicted molar refractivity (Wildman–Crippen MR) is 150 cm³/mol. The molecule has 42 heavy (non-hydrogen) atoms. The summed E-state index contributed by atoms with van der Waals surface area (Å²) in [6.45, 7) is -1.36. The highest BCUT2D eigenvalue weighted by molar-refractivity contribution is 8.00. The van der Waals surface area contributed by atoms with Crippen molar-refractivity contribution in [2.45, 2.75) is 17.4 Å². The van der Waals surface area contributed by atoms with E-state index in [9.17, 15) is 33.1 Å². The molecule has 0 saturated carbocycles. The molecule has 0 spiro atoms. The Hall–Kier alpha value is -4.49. The number of hydrogen-bond donors (Lipinski definition) is 4. The second-order valence-corrected chi connectivity index (χ2v) is 10.4. The Morgan fingerprint density at radius 2 is 1.48 bits per heavy atom. The number of ether oxygens (including phenoxy) is 1. The Morgan fingerprint density at radius 3 is 2.10 bits per heavy atom. The molecule has 0 aromatic heterocycles. The molecule has 1 heterocycles. The zero-order valence-electron chi connectivity index (χ0n) is 22.0. The van der Waals surface area contributed by atoms with E-state index in [4.69, 9.17) is 9.84 Å². The second-order valence-electron chi connectivity index (χ2n) is 9.26. The van der Waals surface area contributed by atoms with Gasteiger partial charge in [0.2, 0.25) is 11.8 Å². The van der Waals surface area contributed by atoms with Crippen LogP contribution in [0.2, 0.25) is 0 Å². The maximum absolute atomic E-state index is 13.5. The number of rotatable bonds is 13. The quantitative estimate of drug-likeness (QED) is 0.220. The lowest BCUT2D eigenvalue weighted by Gasteiger charge is -2.47. The Balaban J connectivity index is 1.39. The number of nitrogens with zero attached hydrogens (tertiary/aromatic N) is 1. The van der Waals surface area contributed by atoms with E-state index in [1.807, 2.05) is 0 Å². The number of anilines is 1. The highest BCUT2D eigenvalue weighted by atomic mass is 32.2. The Morgan fingerprint density at radius 1 is 0.881 bits per heavy atom. The molecule has 1 fully saturated rings. The van der Waals surface area contributed by atoms with Crippen molar-refractivity contribution in [1.29, 1.82) is 0 Å². The fraction of sp³-hybridized carbons (Fsp3) is 0.241. The Kier molecular flexibility index (Phi) is 10.1. The number of halogens is 2. The highest BCUT2D eigenvalue weighted by Gasteiger charge is 2.49. The van der Waals surface area contributed by atoms with Gasteiger partial charge in [-0.3, -0.25) is 19.2 Å². The van der Waals surface area contributed by atoms with Crippen LogP contribution in [0, 0.1) is 11.6 Å². The van der Waals surface area contributed by atoms with Crippen molar-refractivity contribution < 1.29 is 42.9 Å². The van der Waals surface area contributed by atoms with Gasteiger partial charge in [0.05, 0.1) is 18.7 Å². The molecule has 220 valence electrons. The van der Waals surface area contributed by atoms with Crippen molar-refractivity contribution in [3.63, 3.8) is 0 Å². The van der Waals surface area contributed by atoms with Gasteiger partial charge in [-0.15, -0.1) is 11.8 Å². The molecular formula is C29H27F2N3O7S. The summed E-state index contributed by atoms with van der Waals surface area (Å²) < 4.78 is 32.3. The van der Waals surface area contributed by atoms with Crippen molar-refractivity contribution in [3.8, 4) is 5.75 Å². The normalized spacial score (nSPS) is 16.7. The number of benzene rings is 3. The first-order valence-electron chi connectivity index (χ1n) is 12.7. The molecule has 3 atom stereocenters. The molecule has 10 nitrogen and oxygen atoms in total. The number of hydrogen-bond acceptors (Lipinski definition) is 7. The topological polar surface area (TPSA) is 145 Å². The van der Waals surface area contributed by atoms with Crippen LogP contribution in [0.25, 0.3) is 0 Å². The number of carbonyl (C=O) groups excluding carboxylic acids is 3. The van der Waals surface area contributed by atoms with Crippen LogP contribution in [0.1, 0.15) is 23.3 Å². The number of β-lactam (4-membered cyclic amide) rings is 1. The van der Waals surface area contributed by atoms with Crippen molar-refractivity contribution in [3.05, 3.63) is 95.6 Å². The van der Waals surface area contributed by atoms with E-state index in [-0.39, 0.29) is 11.7 Å². The largest absolute Gasteiger partial charge is 0.484 e. The van der Waals surface area contributed by atoms with E-state index >= 15 is 0 Å². The van der Waals surface area contributed by atoms with Gasteiger partial charge in [0.1, 0.15) is 29.2 Å². The Bertz CT molecular complexity index is 1420. The second kappa shape index (κ2) is 13.9. The summed E-state index contributed by atoms with van der Waals surface area (Å²) in [5.41, 5.74) is 1.76. The van der Waals surface area contributed by atoms with Crippen LogP contribution in [-0.4, -0.2) is 64.6 Å². The summed E-state index contributed by atoms with van der Waals surface area (Å²) in [6.07, 6.45) is -0.922. The van der Waals surface area contributed by atoms with E-state index in [1.165, 1.54) is 60.3 Å². The van der Waals surface area contributed by atoms with E-state index in [0.717, 1.165) is 5.56 Å². The monoisotopic (exact) mass is 599 g/mol. The molecule has 3 aromatic carbocycles. The maximum atomic E-state index is 13.5. The zero-order valence-corrected chi connectivity index (χ0v) is 22.9. The smallest absolute Gasteiger partial charge is 0.322 e. The van der Waals surface area contributed by atoms with Gasteiger partial charge in [-0.05, 0) is 59.7 Å². The third-order valence-corrected chi connectivity index (χ3v) is 7.64. The molecule has 3 aromatic rings. The highest BCUT2D eigenvalue weighted by Crippen LogP contribution is 2.46. The molecule has 0 aliphatic carbocycles. The van der Waals surface area contributed by atoms with Crippen molar-refractivity contribution in [2.75, 3.05) is 30.3 Å². The van der Waals surface area contributed by atoms with Gasteiger partial charge >= 0.3 is 5.97 Å². The minimum atomic E-state index is -1.21. The molecular weight excluding hydrogens is 572 g/mol. The number of carboxylic acid groups (broad SMARTS) is 1. The lowest BCUT2D eigenvalue weighted by molar-refractivity contribution is -0.137. The number of aliphatic hydroxyl groups excluding tert-OH is 1. The van der Waals surface area contributed by atoms with E-state index < -0.39 is 66.5 Å². The lowest BCUT2D eigenvalue weighted by Crippen LogP contribution is -2.57. The number of nitrogens with one attached hydrogen (secondary N) is 2. The average Bonchev–Trinajstić information content (AvgIpc) is 2.98. The maximum Gasteiger partial charge on any atom is 0.322 e. The summed E-state index contributed by atoms with van der Waals surface area (Å²) in [5, 5.41) is 23.0. The van der Waals surface area contributed by atoms with Crippen molar-refractivity contribution in [2.24, 2.45) is 0 Å². The van der Waals surface area contributed by atoms with Crippen LogP contribution >= 0.6 is 11.8 Å². The van der Waals surface area contributed by atoms with Gasteiger partial charge in [-0.25, -0.2) is 8.78 Å². The van der Waals surface area contributed by atoms with Gasteiger partial charge in [0.15, 0.2) is 6.61 Å². The zero-order chi connectivity index (χ0) is 30.2. The fourth-order valence-corrected chi connectivity index (χ4v) is 5.49. The summed E-state index contributed by atoms with van der Waals surface area (Å²) in [7, 11) is 0. The SMILES string of the molecule is O=C(O)CNC(=O)CNC(=O)COc1ccc([C@@H]2[C@@H](SCC(O)c3ccc(F)cc3)C(=O)N2c2ccc(F)cc2)cc1. The molecule has 0 bridgehead atoms. The van der Waals surface area contributed by atoms with Gasteiger partial charge in [-0.1, -0.05) is 24.3 Å². The number of carboxylic acids is 1.